The van der Waals surface area contributed by atoms with E-state index in [0.717, 1.165) is 11.7 Å². The van der Waals surface area contributed by atoms with Gasteiger partial charge in [0.05, 0.1) is 0 Å². The third-order valence-electron chi connectivity index (χ3n) is 3.24. The second-order valence-electron chi connectivity index (χ2n) is 4.24. The first-order chi connectivity index (χ1) is 6.68. The van der Waals surface area contributed by atoms with E-state index < -0.39 is 0 Å². The van der Waals surface area contributed by atoms with E-state index in [1.807, 2.05) is 6.07 Å². The first-order valence-electron chi connectivity index (χ1n) is 5.27. The first-order valence-corrected chi connectivity index (χ1v) is 5.27. The van der Waals surface area contributed by atoms with Crippen LogP contribution in [0.3, 0.4) is 0 Å². The summed E-state index contributed by atoms with van der Waals surface area (Å²) >= 11 is 0. The Hall–Kier alpha value is -1.18. The summed E-state index contributed by atoms with van der Waals surface area (Å²) in [6, 6.07) is 6.87. The quantitative estimate of drug-likeness (QED) is 0.726. The van der Waals surface area contributed by atoms with Gasteiger partial charge in [-0.3, -0.25) is 0 Å². The van der Waals surface area contributed by atoms with Gasteiger partial charge in [0.25, 0.3) is 0 Å². The molecular formula is C12H18N2. The first kappa shape index (κ1) is 9.38. The summed E-state index contributed by atoms with van der Waals surface area (Å²) in [6.45, 7) is 2.14. The van der Waals surface area contributed by atoms with Crippen LogP contribution >= 0.6 is 0 Å². The van der Waals surface area contributed by atoms with E-state index in [-0.39, 0.29) is 0 Å². The topological polar surface area (TPSA) is 29.3 Å². The van der Waals surface area contributed by atoms with Crippen molar-refractivity contribution in [3.05, 3.63) is 23.8 Å². The largest absolute Gasteiger partial charge is 0.399 e. The molecule has 1 aromatic carbocycles. The number of aryl methyl sites for hydroxylation is 1. The van der Waals surface area contributed by atoms with Crippen LogP contribution in [0.2, 0.25) is 0 Å². The zero-order valence-corrected chi connectivity index (χ0v) is 8.96. The fraction of sp³-hybridized carbons (Fsp3) is 0.500. The average molecular weight is 190 g/mol. The zero-order valence-electron chi connectivity index (χ0n) is 8.96. The highest BCUT2D eigenvalue weighted by atomic mass is 15.1. The van der Waals surface area contributed by atoms with Gasteiger partial charge in [-0.25, -0.2) is 0 Å². The Labute approximate surface area is 85.7 Å². The van der Waals surface area contributed by atoms with Crippen LogP contribution in [0.15, 0.2) is 18.2 Å². The Morgan fingerprint density at radius 2 is 2.07 bits per heavy atom. The molecule has 0 aromatic heterocycles. The second-order valence-corrected chi connectivity index (χ2v) is 4.24. The molecule has 1 fully saturated rings. The summed E-state index contributed by atoms with van der Waals surface area (Å²) in [6.07, 6.45) is 4.02. The average Bonchev–Trinajstić information content (AvgIpc) is 2.06. The highest BCUT2D eigenvalue weighted by Crippen LogP contribution is 2.31. The number of anilines is 2. The van der Waals surface area contributed by atoms with E-state index in [1.165, 1.54) is 30.5 Å². The van der Waals surface area contributed by atoms with Crippen LogP contribution in [0.4, 0.5) is 11.4 Å². The van der Waals surface area contributed by atoms with Crippen molar-refractivity contribution in [1.29, 1.82) is 0 Å². The van der Waals surface area contributed by atoms with E-state index >= 15 is 0 Å². The molecule has 1 aromatic rings. The van der Waals surface area contributed by atoms with Gasteiger partial charge in [0, 0.05) is 24.5 Å². The lowest BCUT2D eigenvalue weighted by molar-refractivity contribution is 0.401. The van der Waals surface area contributed by atoms with Crippen molar-refractivity contribution >= 4 is 11.4 Å². The standard InChI is InChI=1S/C12H18N2/c1-9-6-7-10(13)8-12(9)14(2)11-4-3-5-11/h6-8,11H,3-5,13H2,1-2H3. The molecule has 0 aliphatic heterocycles. The van der Waals surface area contributed by atoms with Gasteiger partial charge >= 0.3 is 0 Å². The maximum Gasteiger partial charge on any atom is 0.0416 e. The molecular weight excluding hydrogens is 172 g/mol. The van der Waals surface area contributed by atoms with Gasteiger partial charge in [-0.05, 0) is 43.9 Å². The zero-order chi connectivity index (χ0) is 10.1. The van der Waals surface area contributed by atoms with Crippen LogP contribution in [-0.4, -0.2) is 13.1 Å². The second kappa shape index (κ2) is 3.52. The molecule has 0 bridgehead atoms. The molecule has 76 valence electrons. The van der Waals surface area contributed by atoms with Gasteiger partial charge in [0.2, 0.25) is 0 Å². The van der Waals surface area contributed by atoms with Gasteiger partial charge in [-0.2, -0.15) is 0 Å². The molecule has 0 saturated heterocycles. The fourth-order valence-corrected chi connectivity index (χ4v) is 1.98. The summed E-state index contributed by atoms with van der Waals surface area (Å²) in [7, 11) is 2.17. The molecule has 2 nitrogen and oxygen atoms in total. The van der Waals surface area contributed by atoms with Crippen molar-refractivity contribution in [3.8, 4) is 0 Å². The maximum atomic E-state index is 5.80. The minimum absolute atomic E-state index is 0.732. The van der Waals surface area contributed by atoms with Crippen LogP contribution in [-0.2, 0) is 0 Å². The Bertz CT molecular complexity index is 329. The molecule has 1 aliphatic carbocycles. The van der Waals surface area contributed by atoms with Gasteiger partial charge in [-0.15, -0.1) is 0 Å². The molecule has 0 amide bonds. The third-order valence-corrected chi connectivity index (χ3v) is 3.24. The number of nitrogen functional groups attached to an aromatic ring is 1. The molecule has 0 radical (unpaired) electrons. The normalized spacial score (nSPS) is 16.4. The molecule has 1 saturated carbocycles. The van der Waals surface area contributed by atoms with Crippen LogP contribution in [0.5, 0.6) is 0 Å². The minimum atomic E-state index is 0.732. The molecule has 1 aliphatic rings. The van der Waals surface area contributed by atoms with Crippen molar-refractivity contribution in [2.45, 2.75) is 32.2 Å². The van der Waals surface area contributed by atoms with Crippen LogP contribution in [0.25, 0.3) is 0 Å². The van der Waals surface area contributed by atoms with Crippen molar-refractivity contribution in [1.82, 2.24) is 0 Å². The van der Waals surface area contributed by atoms with Crippen LogP contribution in [0.1, 0.15) is 24.8 Å². The van der Waals surface area contributed by atoms with Crippen molar-refractivity contribution in [3.63, 3.8) is 0 Å². The van der Waals surface area contributed by atoms with Crippen molar-refractivity contribution < 1.29 is 0 Å². The van der Waals surface area contributed by atoms with E-state index in [9.17, 15) is 0 Å². The van der Waals surface area contributed by atoms with E-state index in [2.05, 4.69) is 31.0 Å². The molecule has 2 heteroatoms. The van der Waals surface area contributed by atoms with E-state index in [1.54, 1.807) is 0 Å². The van der Waals surface area contributed by atoms with Crippen molar-refractivity contribution in [2.24, 2.45) is 0 Å². The predicted molar refractivity (Wildman–Crippen MR) is 61.6 cm³/mol. The van der Waals surface area contributed by atoms with E-state index in [4.69, 9.17) is 5.73 Å². The molecule has 0 unspecified atom stereocenters. The summed E-state index contributed by atoms with van der Waals surface area (Å²) in [4.78, 5) is 2.37. The number of hydrogen-bond acceptors (Lipinski definition) is 2. The Morgan fingerprint density at radius 3 is 2.64 bits per heavy atom. The monoisotopic (exact) mass is 190 g/mol. The number of hydrogen-bond donors (Lipinski definition) is 1. The van der Waals surface area contributed by atoms with Crippen LogP contribution in [0, 0.1) is 6.92 Å². The lowest BCUT2D eigenvalue weighted by Crippen LogP contribution is -2.37. The van der Waals surface area contributed by atoms with E-state index in [0.29, 0.717) is 0 Å². The highest BCUT2D eigenvalue weighted by Gasteiger charge is 2.22. The number of nitrogens with two attached hydrogens (primary N) is 1. The molecule has 0 heterocycles. The highest BCUT2D eigenvalue weighted by molar-refractivity contribution is 5.61. The summed E-state index contributed by atoms with van der Waals surface area (Å²) in [5, 5.41) is 0. The lowest BCUT2D eigenvalue weighted by Gasteiger charge is -2.37. The molecule has 0 spiro atoms. The number of rotatable bonds is 2. The predicted octanol–water partition coefficient (Wildman–Crippen LogP) is 2.57. The Balaban J connectivity index is 2.24. The molecule has 2 rings (SSSR count). The fourth-order valence-electron chi connectivity index (χ4n) is 1.98. The van der Waals surface area contributed by atoms with Gasteiger partial charge in [-0.1, -0.05) is 6.07 Å². The summed E-state index contributed by atoms with van der Waals surface area (Å²) < 4.78 is 0. The van der Waals surface area contributed by atoms with Gasteiger partial charge in [0.15, 0.2) is 0 Å². The Kier molecular flexibility index (Phi) is 2.36. The van der Waals surface area contributed by atoms with Crippen molar-refractivity contribution in [2.75, 3.05) is 17.7 Å². The molecule has 2 N–H and O–H groups in total. The SMILES string of the molecule is Cc1ccc(N)cc1N(C)C1CCC1. The summed E-state index contributed by atoms with van der Waals surface area (Å²) in [5.74, 6) is 0. The molecule has 0 atom stereocenters. The molecule has 14 heavy (non-hydrogen) atoms. The van der Waals surface area contributed by atoms with Crippen LogP contribution < -0.4 is 10.6 Å². The Morgan fingerprint density at radius 1 is 1.36 bits per heavy atom. The minimum Gasteiger partial charge on any atom is -0.399 e. The number of nitrogens with zero attached hydrogens (tertiary/aromatic N) is 1. The lowest BCUT2D eigenvalue weighted by atomic mass is 9.91. The number of benzene rings is 1. The summed E-state index contributed by atoms with van der Waals surface area (Å²) in [5.41, 5.74) is 9.26. The van der Waals surface area contributed by atoms with Gasteiger partial charge < -0.3 is 10.6 Å². The smallest absolute Gasteiger partial charge is 0.0416 e. The maximum absolute atomic E-state index is 5.80. The third kappa shape index (κ3) is 1.57. The van der Waals surface area contributed by atoms with Gasteiger partial charge in [0.1, 0.15) is 0 Å².